The molecule has 1 amide bonds. The minimum Gasteiger partial charge on any atom is -0.452 e. The van der Waals surface area contributed by atoms with E-state index in [1.165, 1.54) is 29.7 Å². The monoisotopic (exact) mass is 451 g/mol. The van der Waals surface area contributed by atoms with Gasteiger partial charge in [-0.15, -0.1) is 0 Å². The average molecular weight is 452 g/mol. The zero-order chi connectivity index (χ0) is 21.7. The molecule has 2 aromatic rings. The largest absolute Gasteiger partial charge is 0.452 e. The summed E-state index contributed by atoms with van der Waals surface area (Å²) >= 11 is 5.89. The highest BCUT2D eigenvalue weighted by molar-refractivity contribution is 7.89. The minimum absolute atomic E-state index is 0.123. The van der Waals surface area contributed by atoms with Crippen LogP contribution in [0.15, 0.2) is 53.7 Å². The second kappa shape index (κ2) is 9.55. The van der Waals surface area contributed by atoms with Gasteiger partial charge in [0.05, 0.1) is 5.92 Å². The fourth-order valence-corrected chi connectivity index (χ4v) is 4.74. The standard InChI is InChI=1S/C20H22ClN3O5S/c1-14(19(25)23-17-5-2-4-16(21)12-17)29-20(26)15-7-10-24(11-8-15)30(27,28)18-6-3-9-22-13-18/h2-6,9,12-15H,7-8,10-11H2,1H3,(H,23,25). The summed E-state index contributed by atoms with van der Waals surface area (Å²) in [5, 5.41) is 3.12. The Hall–Kier alpha value is -2.49. The van der Waals surface area contributed by atoms with E-state index < -0.39 is 33.9 Å². The van der Waals surface area contributed by atoms with Crippen molar-refractivity contribution >= 4 is 39.2 Å². The molecular weight excluding hydrogens is 430 g/mol. The Morgan fingerprint density at radius 1 is 1.23 bits per heavy atom. The van der Waals surface area contributed by atoms with Gasteiger partial charge >= 0.3 is 5.97 Å². The number of hydrogen-bond donors (Lipinski definition) is 1. The Labute approximate surface area is 180 Å². The molecule has 1 saturated heterocycles. The van der Waals surface area contributed by atoms with Crippen LogP contribution in [-0.4, -0.2) is 48.8 Å². The number of carbonyl (C=O) groups excluding carboxylic acids is 2. The van der Waals surface area contributed by atoms with E-state index >= 15 is 0 Å². The molecule has 8 nitrogen and oxygen atoms in total. The number of esters is 1. The number of anilines is 1. The molecule has 1 aliphatic rings. The predicted octanol–water partition coefficient (Wildman–Crippen LogP) is 2.71. The van der Waals surface area contributed by atoms with Gasteiger partial charge in [0.25, 0.3) is 5.91 Å². The molecule has 3 rings (SSSR count). The number of carbonyl (C=O) groups is 2. The van der Waals surface area contributed by atoms with Gasteiger partial charge in [-0.05, 0) is 50.1 Å². The van der Waals surface area contributed by atoms with Crippen molar-refractivity contribution < 1.29 is 22.7 Å². The summed E-state index contributed by atoms with van der Waals surface area (Å²) in [6.07, 6.45) is 2.46. The topological polar surface area (TPSA) is 106 Å². The SMILES string of the molecule is CC(OC(=O)C1CCN(S(=O)(=O)c2cccnc2)CC1)C(=O)Nc1cccc(Cl)c1. The number of piperidine rings is 1. The Kier molecular flexibility index (Phi) is 7.06. The number of rotatable bonds is 6. The maximum absolute atomic E-state index is 12.6. The number of amides is 1. The Balaban J connectivity index is 1.52. The highest BCUT2D eigenvalue weighted by Gasteiger charge is 2.34. The third kappa shape index (κ3) is 5.35. The number of hydrogen-bond acceptors (Lipinski definition) is 6. The van der Waals surface area contributed by atoms with E-state index in [4.69, 9.17) is 16.3 Å². The van der Waals surface area contributed by atoms with Crippen LogP contribution >= 0.6 is 11.6 Å². The molecule has 0 saturated carbocycles. The first-order chi connectivity index (χ1) is 14.3. The highest BCUT2D eigenvalue weighted by Crippen LogP contribution is 2.25. The molecule has 160 valence electrons. The van der Waals surface area contributed by atoms with Crippen molar-refractivity contribution in [1.29, 1.82) is 0 Å². The number of aromatic nitrogens is 1. The van der Waals surface area contributed by atoms with Crippen molar-refractivity contribution in [2.75, 3.05) is 18.4 Å². The van der Waals surface area contributed by atoms with Gasteiger partial charge < -0.3 is 10.1 Å². The van der Waals surface area contributed by atoms with E-state index in [1.54, 1.807) is 30.3 Å². The van der Waals surface area contributed by atoms with E-state index in [0.29, 0.717) is 23.6 Å². The molecule has 1 atom stereocenters. The van der Waals surface area contributed by atoms with Crippen molar-refractivity contribution in [2.45, 2.75) is 30.8 Å². The summed E-state index contributed by atoms with van der Waals surface area (Å²) in [6, 6.07) is 9.70. The molecule has 1 aromatic carbocycles. The predicted molar refractivity (Wildman–Crippen MR) is 111 cm³/mol. The van der Waals surface area contributed by atoms with Gasteiger partial charge in [-0.25, -0.2) is 8.42 Å². The van der Waals surface area contributed by atoms with E-state index in [2.05, 4.69) is 10.3 Å². The van der Waals surface area contributed by atoms with Crippen LogP contribution in [0.5, 0.6) is 0 Å². The molecule has 1 aromatic heterocycles. The zero-order valence-electron chi connectivity index (χ0n) is 16.3. The lowest BCUT2D eigenvalue weighted by molar-refractivity contribution is -0.158. The molecule has 1 N–H and O–H groups in total. The van der Waals surface area contributed by atoms with Gasteiger partial charge in [-0.3, -0.25) is 14.6 Å². The zero-order valence-corrected chi connectivity index (χ0v) is 17.9. The second-order valence-corrected chi connectivity index (χ2v) is 9.32. The summed E-state index contributed by atoms with van der Waals surface area (Å²) in [6.45, 7) is 1.87. The van der Waals surface area contributed by atoms with E-state index in [-0.39, 0.29) is 18.0 Å². The minimum atomic E-state index is -3.64. The molecule has 0 radical (unpaired) electrons. The molecule has 2 heterocycles. The van der Waals surface area contributed by atoms with Crippen LogP contribution in [0.2, 0.25) is 5.02 Å². The van der Waals surface area contributed by atoms with Crippen LogP contribution < -0.4 is 5.32 Å². The summed E-state index contributed by atoms with van der Waals surface area (Å²) in [5.74, 6) is -1.45. The van der Waals surface area contributed by atoms with Crippen LogP contribution in [0.25, 0.3) is 0 Å². The molecule has 1 fully saturated rings. The maximum atomic E-state index is 12.6. The molecule has 0 bridgehead atoms. The second-order valence-electron chi connectivity index (χ2n) is 6.95. The third-order valence-electron chi connectivity index (χ3n) is 4.81. The first-order valence-corrected chi connectivity index (χ1v) is 11.3. The first-order valence-electron chi connectivity index (χ1n) is 9.44. The number of benzene rings is 1. The smallest absolute Gasteiger partial charge is 0.309 e. The molecule has 1 unspecified atom stereocenters. The van der Waals surface area contributed by atoms with Crippen LogP contribution in [-0.2, 0) is 24.3 Å². The van der Waals surface area contributed by atoms with Crippen molar-refractivity contribution in [3.63, 3.8) is 0 Å². The summed E-state index contributed by atoms with van der Waals surface area (Å²) in [4.78, 5) is 28.7. The van der Waals surface area contributed by atoms with Gasteiger partial charge in [0.1, 0.15) is 4.90 Å². The number of halogens is 1. The normalized spacial score (nSPS) is 16.6. The average Bonchev–Trinajstić information content (AvgIpc) is 2.74. The molecule has 0 spiro atoms. The molecule has 30 heavy (non-hydrogen) atoms. The molecule has 1 aliphatic heterocycles. The highest BCUT2D eigenvalue weighted by atomic mass is 35.5. The van der Waals surface area contributed by atoms with Gasteiger partial charge in [0, 0.05) is 36.2 Å². The summed E-state index contributed by atoms with van der Waals surface area (Å²) in [5.41, 5.74) is 0.504. The number of pyridine rings is 1. The lowest BCUT2D eigenvalue weighted by Gasteiger charge is -2.30. The fraction of sp³-hybridized carbons (Fsp3) is 0.350. The van der Waals surface area contributed by atoms with Gasteiger partial charge in [-0.1, -0.05) is 17.7 Å². The lowest BCUT2D eigenvalue weighted by Crippen LogP contribution is -2.41. The Bertz CT molecular complexity index is 1010. The van der Waals surface area contributed by atoms with Gasteiger partial charge in [-0.2, -0.15) is 4.31 Å². The van der Waals surface area contributed by atoms with E-state index in [1.807, 2.05) is 0 Å². The van der Waals surface area contributed by atoms with Gasteiger partial charge in [0.15, 0.2) is 6.10 Å². The fourth-order valence-electron chi connectivity index (χ4n) is 3.11. The van der Waals surface area contributed by atoms with Gasteiger partial charge in [0.2, 0.25) is 10.0 Å². The maximum Gasteiger partial charge on any atom is 0.309 e. The van der Waals surface area contributed by atoms with Crippen molar-refractivity contribution in [3.8, 4) is 0 Å². The molecular formula is C20H22ClN3O5S. The van der Waals surface area contributed by atoms with E-state index in [0.717, 1.165) is 0 Å². The first kappa shape index (κ1) is 22.2. The van der Waals surface area contributed by atoms with Crippen molar-refractivity contribution in [3.05, 3.63) is 53.8 Å². The Morgan fingerprint density at radius 3 is 2.60 bits per heavy atom. The van der Waals surface area contributed by atoms with Crippen LogP contribution in [0, 0.1) is 5.92 Å². The number of nitrogens with zero attached hydrogens (tertiary/aromatic N) is 2. The van der Waals surface area contributed by atoms with E-state index in [9.17, 15) is 18.0 Å². The number of sulfonamides is 1. The third-order valence-corrected chi connectivity index (χ3v) is 6.93. The number of ether oxygens (including phenoxy) is 1. The number of nitrogens with one attached hydrogen (secondary N) is 1. The molecule has 10 heteroatoms. The lowest BCUT2D eigenvalue weighted by atomic mass is 9.98. The van der Waals surface area contributed by atoms with Crippen LogP contribution in [0.3, 0.4) is 0 Å². The van der Waals surface area contributed by atoms with Crippen molar-refractivity contribution in [2.24, 2.45) is 5.92 Å². The summed E-state index contributed by atoms with van der Waals surface area (Å²) < 4.78 is 31.9. The molecule has 0 aliphatic carbocycles. The van der Waals surface area contributed by atoms with Crippen molar-refractivity contribution in [1.82, 2.24) is 9.29 Å². The van der Waals surface area contributed by atoms with Crippen LogP contribution in [0.1, 0.15) is 19.8 Å². The summed E-state index contributed by atoms with van der Waals surface area (Å²) in [7, 11) is -3.64. The van der Waals surface area contributed by atoms with Crippen LogP contribution in [0.4, 0.5) is 5.69 Å². The Morgan fingerprint density at radius 2 is 1.97 bits per heavy atom. The quantitative estimate of drug-likeness (QED) is 0.677.